The van der Waals surface area contributed by atoms with Gasteiger partial charge in [-0.1, -0.05) is 23.4 Å². The van der Waals surface area contributed by atoms with Crippen LogP contribution >= 0.6 is 23.4 Å². The topological polar surface area (TPSA) is 88.3 Å². The quantitative estimate of drug-likeness (QED) is 0.741. The molecule has 9 heteroatoms. The van der Waals surface area contributed by atoms with E-state index in [2.05, 4.69) is 15.5 Å². The molecule has 1 N–H and O–H groups in total. The van der Waals surface area contributed by atoms with Gasteiger partial charge in [-0.05, 0) is 37.1 Å². The van der Waals surface area contributed by atoms with E-state index < -0.39 is 0 Å². The van der Waals surface area contributed by atoms with Crippen molar-refractivity contribution in [3.05, 3.63) is 29.3 Å². The van der Waals surface area contributed by atoms with Gasteiger partial charge in [0.25, 0.3) is 5.22 Å². The van der Waals surface area contributed by atoms with E-state index in [-0.39, 0.29) is 30.2 Å². The molecule has 2 amide bonds. The van der Waals surface area contributed by atoms with Crippen LogP contribution in [0.15, 0.2) is 33.9 Å². The van der Waals surface area contributed by atoms with Crippen molar-refractivity contribution in [2.45, 2.75) is 24.1 Å². The van der Waals surface area contributed by atoms with Crippen molar-refractivity contribution in [1.29, 1.82) is 0 Å². The second kappa shape index (κ2) is 7.88. The molecule has 132 valence electrons. The number of nitrogens with zero attached hydrogens (tertiary/aromatic N) is 3. The summed E-state index contributed by atoms with van der Waals surface area (Å²) in [6.07, 6.45) is 2.04. The largest absolute Gasteiger partial charge is 0.411 e. The highest BCUT2D eigenvalue weighted by Crippen LogP contribution is 2.24. The monoisotopic (exact) mass is 380 g/mol. The lowest BCUT2D eigenvalue weighted by atomic mass is 10.2. The fourth-order valence-electron chi connectivity index (χ4n) is 2.02. The highest BCUT2D eigenvalue weighted by Gasteiger charge is 2.24. The third-order valence-corrected chi connectivity index (χ3v) is 4.62. The summed E-state index contributed by atoms with van der Waals surface area (Å²) in [6, 6.07) is 7.32. The van der Waals surface area contributed by atoms with Gasteiger partial charge in [0, 0.05) is 23.7 Å². The molecule has 1 aliphatic carbocycles. The Balaban J connectivity index is 1.48. The Bertz CT molecular complexity index is 761. The van der Waals surface area contributed by atoms with Crippen LogP contribution in [0.25, 0.3) is 11.5 Å². The van der Waals surface area contributed by atoms with Crippen molar-refractivity contribution < 1.29 is 14.0 Å². The summed E-state index contributed by atoms with van der Waals surface area (Å²) < 4.78 is 5.53. The molecule has 1 heterocycles. The molecule has 0 spiro atoms. The average molecular weight is 381 g/mol. The van der Waals surface area contributed by atoms with Gasteiger partial charge < -0.3 is 14.6 Å². The number of carbonyl (C=O) groups excluding carboxylic acids is 2. The van der Waals surface area contributed by atoms with Crippen molar-refractivity contribution in [3.63, 3.8) is 0 Å². The highest BCUT2D eigenvalue weighted by molar-refractivity contribution is 7.99. The first kappa shape index (κ1) is 17.8. The minimum Gasteiger partial charge on any atom is -0.411 e. The fraction of sp³-hybridized carbons (Fsp3) is 0.375. The summed E-state index contributed by atoms with van der Waals surface area (Å²) in [5, 5.41) is 11.6. The number of benzene rings is 1. The molecule has 1 aromatic carbocycles. The molecular formula is C16H17ClN4O3S. The zero-order chi connectivity index (χ0) is 17.8. The van der Waals surface area contributed by atoms with E-state index in [4.69, 9.17) is 16.0 Å². The first-order valence-electron chi connectivity index (χ1n) is 7.77. The smallest absolute Gasteiger partial charge is 0.277 e. The van der Waals surface area contributed by atoms with Gasteiger partial charge in [0.05, 0.1) is 12.3 Å². The van der Waals surface area contributed by atoms with E-state index in [1.54, 1.807) is 31.3 Å². The molecule has 0 saturated heterocycles. The number of hydrogen-bond acceptors (Lipinski definition) is 6. The molecule has 3 rings (SSSR count). The van der Waals surface area contributed by atoms with Gasteiger partial charge in [-0.25, -0.2) is 0 Å². The van der Waals surface area contributed by atoms with Crippen molar-refractivity contribution in [2.75, 3.05) is 19.3 Å². The predicted molar refractivity (Wildman–Crippen MR) is 94.3 cm³/mol. The predicted octanol–water partition coefficient (Wildman–Crippen LogP) is 2.22. The van der Waals surface area contributed by atoms with Gasteiger partial charge in [-0.2, -0.15) is 0 Å². The number of hydrogen-bond donors (Lipinski definition) is 1. The second-order valence-corrected chi connectivity index (χ2v) is 7.12. The molecule has 7 nitrogen and oxygen atoms in total. The van der Waals surface area contributed by atoms with E-state index in [0.29, 0.717) is 16.1 Å². The maximum Gasteiger partial charge on any atom is 0.277 e. The lowest BCUT2D eigenvalue weighted by Crippen LogP contribution is -2.39. The van der Waals surface area contributed by atoms with Crippen LogP contribution in [0.2, 0.25) is 5.02 Å². The first-order valence-corrected chi connectivity index (χ1v) is 9.13. The molecule has 0 bridgehead atoms. The maximum atomic E-state index is 12.1. The standard InChI is InChI=1S/C16H17ClN4O3S/c1-21(8-13(22)18-12-6-7-12)14(23)9-25-16-20-19-15(24-16)10-2-4-11(17)5-3-10/h2-5,12H,6-9H2,1H3,(H,18,22). The van der Waals surface area contributed by atoms with Gasteiger partial charge >= 0.3 is 0 Å². The summed E-state index contributed by atoms with van der Waals surface area (Å²) in [7, 11) is 1.60. The van der Waals surface area contributed by atoms with Crippen LogP contribution in [0.5, 0.6) is 0 Å². The van der Waals surface area contributed by atoms with Gasteiger partial charge in [-0.3, -0.25) is 9.59 Å². The Kier molecular flexibility index (Phi) is 5.60. The number of halogens is 1. The maximum absolute atomic E-state index is 12.1. The molecule has 1 aliphatic rings. The molecule has 2 aromatic rings. The zero-order valence-electron chi connectivity index (χ0n) is 13.6. The summed E-state index contributed by atoms with van der Waals surface area (Å²) in [6.45, 7) is 0.0513. The number of carbonyl (C=O) groups is 2. The van der Waals surface area contributed by atoms with Crippen LogP contribution in [0, 0.1) is 0 Å². The molecule has 1 saturated carbocycles. The molecule has 0 radical (unpaired) electrons. The third-order valence-electron chi connectivity index (χ3n) is 3.57. The van der Waals surface area contributed by atoms with Crippen LogP contribution < -0.4 is 5.32 Å². The summed E-state index contributed by atoms with van der Waals surface area (Å²) >= 11 is 6.98. The minimum atomic E-state index is -0.179. The molecule has 0 atom stereocenters. The van der Waals surface area contributed by atoms with Crippen LogP contribution in [0.4, 0.5) is 0 Å². The van der Waals surface area contributed by atoms with Gasteiger partial charge in [0.2, 0.25) is 17.7 Å². The molecule has 25 heavy (non-hydrogen) atoms. The number of aromatic nitrogens is 2. The SMILES string of the molecule is CN(CC(=O)NC1CC1)C(=O)CSc1nnc(-c2ccc(Cl)cc2)o1. The Morgan fingerprint density at radius 3 is 2.72 bits per heavy atom. The van der Waals surface area contributed by atoms with Crippen LogP contribution in [-0.4, -0.2) is 52.3 Å². The Morgan fingerprint density at radius 2 is 2.04 bits per heavy atom. The molecular weight excluding hydrogens is 364 g/mol. The van der Waals surface area contributed by atoms with E-state index in [0.717, 1.165) is 30.2 Å². The molecule has 1 aromatic heterocycles. The van der Waals surface area contributed by atoms with Crippen molar-refractivity contribution in [1.82, 2.24) is 20.4 Å². The minimum absolute atomic E-state index is 0.0513. The second-order valence-electron chi connectivity index (χ2n) is 5.76. The van der Waals surface area contributed by atoms with Crippen molar-refractivity contribution in [2.24, 2.45) is 0 Å². The Labute approximate surface area is 154 Å². The number of likely N-dealkylation sites (N-methyl/N-ethyl adjacent to an activating group) is 1. The van der Waals surface area contributed by atoms with Crippen LogP contribution in [-0.2, 0) is 9.59 Å². The Morgan fingerprint density at radius 1 is 1.32 bits per heavy atom. The average Bonchev–Trinajstić information content (AvgIpc) is 3.27. The molecule has 1 fully saturated rings. The van der Waals surface area contributed by atoms with Crippen molar-refractivity contribution >= 4 is 35.2 Å². The number of nitrogens with one attached hydrogen (secondary N) is 1. The van der Waals surface area contributed by atoms with E-state index >= 15 is 0 Å². The fourth-order valence-corrected chi connectivity index (χ4v) is 2.85. The van der Waals surface area contributed by atoms with E-state index in [1.807, 2.05) is 0 Å². The van der Waals surface area contributed by atoms with E-state index in [9.17, 15) is 9.59 Å². The Hall–Kier alpha value is -2.06. The van der Waals surface area contributed by atoms with Gasteiger partial charge in [0.1, 0.15) is 0 Å². The molecule has 0 aliphatic heterocycles. The van der Waals surface area contributed by atoms with Crippen LogP contribution in [0.1, 0.15) is 12.8 Å². The summed E-state index contributed by atoms with van der Waals surface area (Å²) in [4.78, 5) is 25.2. The van der Waals surface area contributed by atoms with Gasteiger partial charge in [-0.15, -0.1) is 10.2 Å². The lowest BCUT2D eigenvalue weighted by molar-refractivity contribution is -0.132. The van der Waals surface area contributed by atoms with Gasteiger partial charge in [0.15, 0.2) is 0 Å². The van der Waals surface area contributed by atoms with E-state index in [1.165, 1.54) is 4.90 Å². The van der Waals surface area contributed by atoms with Crippen LogP contribution in [0.3, 0.4) is 0 Å². The first-order chi connectivity index (χ1) is 12.0. The third kappa shape index (κ3) is 5.20. The summed E-state index contributed by atoms with van der Waals surface area (Å²) in [5.74, 6) is 0.173. The lowest BCUT2D eigenvalue weighted by Gasteiger charge is -2.15. The van der Waals surface area contributed by atoms with Crippen molar-refractivity contribution in [3.8, 4) is 11.5 Å². The summed E-state index contributed by atoms with van der Waals surface area (Å²) in [5.41, 5.74) is 0.754. The normalized spacial score (nSPS) is 13.5. The highest BCUT2D eigenvalue weighted by atomic mass is 35.5. The number of rotatable bonds is 7. The number of amides is 2. The zero-order valence-corrected chi connectivity index (χ0v) is 15.1. The molecule has 0 unspecified atom stereocenters. The number of thioether (sulfide) groups is 1.